The average molecular weight is 294 g/mol. The Morgan fingerprint density at radius 3 is 2.57 bits per heavy atom. The molecule has 2 unspecified atom stereocenters. The molecule has 0 aliphatic carbocycles. The molecule has 0 spiro atoms. The molecule has 1 aromatic rings. The van der Waals surface area contributed by atoms with Crippen molar-refractivity contribution in [2.24, 2.45) is 5.73 Å². The van der Waals surface area contributed by atoms with Crippen LogP contribution >= 0.6 is 0 Å². The molecule has 2 atom stereocenters. The maximum absolute atomic E-state index is 9.37. The summed E-state index contributed by atoms with van der Waals surface area (Å²) in [5.41, 5.74) is 9.30. The quantitative estimate of drug-likeness (QED) is 0.829. The van der Waals surface area contributed by atoms with E-state index in [-0.39, 0.29) is 18.8 Å². The number of nitrogens with zero attached hydrogens (tertiary/aromatic N) is 3. The fraction of sp³-hybridized carbons (Fsp3) is 0.733. The lowest BCUT2D eigenvalue weighted by Gasteiger charge is -2.37. The molecule has 0 aromatic carbocycles. The van der Waals surface area contributed by atoms with Crippen molar-refractivity contribution < 1.29 is 9.84 Å². The van der Waals surface area contributed by atoms with Gasteiger partial charge in [-0.15, -0.1) is 5.10 Å². The average Bonchev–Trinajstić information content (AvgIpc) is 2.52. The minimum atomic E-state index is -0.183. The normalized spacial score (nSPS) is 22.6. The minimum Gasteiger partial charge on any atom is -0.394 e. The number of morpholine rings is 1. The van der Waals surface area contributed by atoms with Gasteiger partial charge < -0.3 is 20.5 Å². The number of nitrogens with two attached hydrogens (primary N) is 1. The van der Waals surface area contributed by atoms with E-state index in [0.717, 1.165) is 36.5 Å². The highest BCUT2D eigenvalue weighted by Gasteiger charge is 2.28. The van der Waals surface area contributed by atoms with Gasteiger partial charge in [-0.1, -0.05) is 13.8 Å². The number of aryl methyl sites for hydroxylation is 1. The second-order valence-corrected chi connectivity index (χ2v) is 5.49. The fourth-order valence-corrected chi connectivity index (χ4v) is 3.03. The van der Waals surface area contributed by atoms with Crippen molar-refractivity contribution in [3.05, 3.63) is 16.8 Å². The van der Waals surface area contributed by atoms with Gasteiger partial charge in [0, 0.05) is 25.2 Å². The molecule has 21 heavy (non-hydrogen) atoms. The standard InChI is InChI=1S/C15H26N4O2/c1-4-12-13(6-16)15(18-17-14(12)5-2)19-7-10(3)21-11(8-19)9-20/h10-11,20H,4-9,16H2,1-3H3. The SMILES string of the molecule is CCc1nnc(N2CC(C)OC(CO)C2)c(CN)c1CC. The van der Waals surface area contributed by atoms with Crippen molar-refractivity contribution >= 4 is 5.82 Å². The summed E-state index contributed by atoms with van der Waals surface area (Å²) in [7, 11) is 0. The lowest BCUT2D eigenvalue weighted by atomic mass is 10.0. The molecule has 0 saturated carbocycles. The Morgan fingerprint density at radius 1 is 1.24 bits per heavy atom. The highest BCUT2D eigenvalue weighted by molar-refractivity contribution is 5.52. The van der Waals surface area contributed by atoms with Crippen molar-refractivity contribution in [2.45, 2.75) is 52.4 Å². The number of aliphatic hydroxyl groups is 1. The minimum absolute atomic E-state index is 0.0138. The van der Waals surface area contributed by atoms with Crippen LogP contribution in [-0.2, 0) is 24.1 Å². The van der Waals surface area contributed by atoms with Crippen molar-refractivity contribution in [1.29, 1.82) is 0 Å². The highest BCUT2D eigenvalue weighted by Crippen LogP contribution is 2.26. The topological polar surface area (TPSA) is 84.5 Å². The van der Waals surface area contributed by atoms with Crippen LogP contribution in [0.4, 0.5) is 5.82 Å². The fourth-order valence-electron chi connectivity index (χ4n) is 3.03. The van der Waals surface area contributed by atoms with Crippen LogP contribution in [0, 0.1) is 0 Å². The van der Waals surface area contributed by atoms with Crippen LogP contribution in [0.15, 0.2) is 0 Å². The van der Waals surface area contributed by atoms with E-state index in [1.807, 2.05) is 6.92 Å². The van der Waals surface area contributed by atoms with Crippen LogP contribution in [0.2, 0.25) is 0 Å². The highest BCUT2D eigenvalue weighted by atomic mass is 16.5. The third kappa shape index (κ3) is 3.33. The molecule has 6 nitrogen and oxygen atoms in total. The van der Waals surface area contributed by atoms with E-state index in [2.05, 4.69) is 28.9 Å². The predicted octanol–water partition coefficient (Wildman–Crippen LogP) is 0.646. The maximum Gasteiger partial charge on any atom is 0.156 e. The molecule has 118 valence electrons. The van der Waals surface area contributed by atoms with Gasteiger partial charge in [0.15, 0.2) is 5.82 Å². The Balaban J connectivity index is 2.38. The molecule has 0 amide bonds. The second kappa shape index (κ2) is 7.15. The summed E-state index contributed by atoms with van der Waals surface area (Å²) in [6, 6.07) is 0. The molecule has 3 N–H and O–H groups in total. The van der Waals surface area contributed by atoms with E-state index < -0.39 is 0 Å². The van der Waals surface area contributed by atoms with Crippen molar-refractivity contribution in [3.8, 4) is 0 Å². The summed E-state index contributed by atoms with van der Waals surface area (Å²) in [4.78, 5) is 2.14. The molecule has 2 heterocycles. The van der Waals surface area contributed by atoms with Gasteiger partial charge in [-0.05, 0) is 25.3 Å². The zero-order chi connectivity index (χ0) is 15.4. The number of hydrogen-bond acceptors (Lipinski definition) is 6. The van der Waals surface area contributed by atoms with Crippen LogP contribution in [0.1, 0.15) is 37.6 Å². The summed E-state index contributed by atoms with van der Waals surface area (Å²) in [5, 5.41) is 18.2. The molecule has 6 heteroatoms. The van der Waals surface area contributed by atoms with E-state index in [9.17, 15) is 5.11 Å². The van der Waals surface area contributed by atoms with Crippen LogP contribution in [-0.4, -0.2) is 47.2 Å². The molecule has 1 aromatic heterocycles. The summed E-state index contributed by atoms with van der Waals surface area (Å²) in [6.45, 7) is 8.05. The molecule has 1 aliphatic rings. The Kier molecular flexibility index (Phi) is 5.50. The first-order valence-electron chi connectivity index (χ1n) is 7.73. The van der Waals surface area contributed by atoms with E-state index in [1.54, 1.807) is 0 Å². The lowest BCUT2D eigenvalue weighted by Crippen LogP contribution is -2.49. The smallest absolute Gasteiger partial charge is 0.156 e. The number of aliphatic hydroxyl groups excluding tert-OH is 1. The van der Waals surface area contributed by atoms with Crippen molar-refractivity contribution in [3.63, 3.8) is 0 Å². The molecule has 2 rings (SSSR count). The number of rotatable bonds is 5. The maximum atomic E-state index is 9.37. The Hall–Kier alpha value is -1.24. The molecule has 1 saturated heterocycles. The van der Waals surface area contributed by atoms with Gasteiger partial charge in [-0.2, -0.15) is 5.10 Å². The first-order chi connectivity index (χ1) is 10.1. The van der Waals surface area contributed by atoms with E-state index in [0.29, 0.717) is 13.1 Å². The third-order valence-electron chi connectivity index (χ3n) is 3.97. The zero-order valence-corrected chi connectivity index (χ0v) is 13.2. The van der Waals surface area contributed by atoms with Gasteiger partial charge in [0.1, 0.15) is 0 Å². The summed E-state index contributed by atoms with van der Waals surface area (Å²) < 4.78 is 5.69. The molecule has 1 fully saturated rings. The van der Waals surface area contributed by atoms with Gasteiger partial charge in [0.2, 0.25) is 0 Å². The first-order valence-corrected chi connectivity index (χ1v) is 7.73. The van der Waals surface area contributed by atoms with E-state index in [4.69, 9.17) is 10.5 Å². The molecular weight excluding hydrogens is 268 g/mol. The van der Waals surface area contributed by atoms with E-state index >= 15 is 0 Å². The van der Waals surface area contributed by atoms with Gasteiger partial charge in [0.05, 0.1) is 24.5 Å². The number of anilines is 1. The summed E-state index contributed by atoms with van der Waals surface area (Å²) in [6.07, 6.45) is 1.64. The van der Waals surface area contributed by atoms with Gasteiger partial charge in [-0.3, -0.25) is 0 Å². The van der Waals surface area contributed by atoms with Crippen LogP contribution in [0.25, 0.3) is 0 Å². The number of aromatic nitrogens is 2. The van der Waals surface area contributed by atoms with Crippen LogP contribution in [0.3, 0.4) is 0 Å². The largest absolute Gasteiger partial charge is 0.394 e. The molecule has 0 radical (unpaired) electrons. The summed E-state index contributed by atoms with van der Waals surface area (Å²) >= 11 is 0. The first kappa shape index (κ1) is 16.1. The number of hydrogen-bond donors (Lipinski definition) is 2. The third-order valence-corrected chi connectivity index (χ3v) is 3.97. The second-order valence-electron chi connectivity index (χ2n) is 5.49. The molecule has 1 aliphatic heterocycles. The Bertz CT molecular complexity index is 481. The Morgan fingerprint density at radius 2 is 2.00 bits per heavy atom. The lowest BCUT2D eigenvalue weighted by molar-refractivity contribution is -0.0423. The zero-order valence-electron chi connectivity index (χ0n) is 13.2. The van der Waals surface area contributed by atoms with Crippen molar-refractivity contribution in [1.82, 2.24) is 10.2 Å². The summed E-state index contributed by atoms with van der Waals surface area (Å²) in [5.74, 6) is 0.847. The molecule has 0 bridgehead atoms. The monoisotopic (exact) mass is 294 g/mol. The number of ether oxygens (including phenoxy) is 1. The Labute approximate surface area is 126 Å². The molecular formula is C15H26N4O2. The van der Waals surface area contributed by atoms with Crippen molar-refractivity contribution in [2.75, 3.05) is 24.6 Å². The predicted molar refractivity (Wildman–Crippen MR) is 82.3 cm³/mol. The van der Waals surface area contributed by atoms with Crippen LogP contribution in [0.5, 0.6) is 0 Å². The van der Waals surface area contributed by atoms with Gasteiger partial charge >= 0.3 is 0 Å². The van der Waals surface area contributed by atoms with Gasteiger partial charge in [-0.25, -0.2) is 0 Å². The van der Waals surface area contributed by atoms with Crippen LogP contribution < -0.4 is 10.6 Å². The van der Waals surface area contributed by atoms with E-state index in [1.165, 1.54) is 5.56 Å². The van der Waals surface area contributed by atoms with Gasteiger partial charge in [0.25, 0.3) is 0 Å².